The first kappa shape index (κ1) is 14.5. The Morgan fingerprint density at radius 2 is 1.86 bits per heavy atom. The number of methoxy groups -OCH3 is 1. The van der Waals surface area contributed by atoms with Crippen molar-refractivity contribution in [1.82, 2.24) is 0 Å². The molecule has 2 nitrogen and oxygen atoms in total. The third-order valence-corrected chi connectivity index (χ3v) is 3.76. The molecule has 0 amide bonds. The lowest BCUT2D eigenvalue weighted by molar-refractivity contribution is 0.0601. The Hall–Kier alpha value is -2.39. The Bertz CT molecular complexity index is 874. The van der Waals surface area contributed by atoms with Gasteiger partial charge in [-0.3, -0.25) is 0 Å². The molecular formula is C18H12ClFO2. The molecule has 22 heavy (non-hydrogen) atoms. The molecule has 0 atom stereocenters. The first-order valence-electron chi connectivity index (χ1n) is 6.66. The van der Waals surface area contributed by atoms with E-state index in [0.29, 0.717) is 21.7 Å². The second-order valence-corrected chi connectivity index (χ2v) is 5.29. The molecule has 3 rings (SSSR count). The summed E-state index contributed by atoms with van der Waals surface area (Å²) in [6.07, 6.45) is 0. The number of rotatable bonds is 2. The fourth-order valence-corrected chi connectivity index (χ4v) is 2.63. The number of hydrogen-bond donors (Lipinski definition) is 0. The summed E-state index contributed by atoms with van der Waals surface area (Å²) in [4.78, 5) is 11.7. The van der Waals surface area contributed by atoms with Crippen LogP contribution in [0.1, 0.15) is 10.4 Å². The van der Waals surface area contributed by atoms with Crippen LogP contribution in [-0.4, -0.2) is 13.1 Å². The molecule has 0 aromatic heterocycles. The van der Waals surface area contributed by atoms with Gasteiger partial charge >= 0.3 is 5.97 Å². The molecule has 110 valence electrons. The zero-order valence-corrected chi connectivity index (χ0v) is 12.5. The van der Waals surface area contributed by atoms with Gasteiger partial charge in [0.1, 0.15) is 5.82 Å². The van der Waals surface area contributed by atoms with Gasteiger partial charge in [0.05, 0.1) is 12.7 Å². The van der Waals surface area contributed by atoms with Crippen LogP contribution in [0.3, 0.4) is 0 Å². The van der Waals surface area contributed by atoms with Crippen molar-refractivity contribution in [1.29, 1.82) is 0 Å². The van der Waals surface area contributed by atoms with E-state index in [0.717, 1.165) is 10.8 Å². The molecule has 0 saturated heterocycles. The van der Waals surface area contributed by atoms with Crippen molar-refractivity contribution in [3.8, 4) is 11.1 Å². The number of carbonyl (C=O) groups excluding carboxylic acids is 1. The fraction of sp³-hybridized carbons (Fsp3) is 0.0556. The van der Waals surface area contributed by atoms with E-state index in [1.54, 1.807) is 24.3 Å². The molecule has 0 fully saturated rings. The Labute approximate surface area is 132 Å². The molecule has 3 aromatic carbocycles. The third-order valence-electron chi connectivity index (χ3n) is 3.52. The van der Waals surface area contributed by atoms with Crippen LogP contribution >= 0.6 is 11.6 Å². The third kappa shape index (κ3) is 2.55. The Morgan fingerprint density at radius 1 is 1.05 bits per heavy atom. The normalized spacial score (nSPS) is 10.7. The summed E-state index contributed by atoms with van der Waals surface area (Å²) in [5, 5.41) is 2.13. The summed E-state index contributed by atoms with van der Waals surface area (Å²) in [6.45, 7) is 0. The highest BCUT2D eigenvalue weighted by atomic mass is 35.5. The highest BCUT2D eigenvalue weighted by Crippen LogP contribution is 2.32. The predicted octanol–water partition coefficient (Wildman–Crippen LogP) is 5.09. The molecule has 0 spiro atoms. The van der Waals surface area contributed by atoms with Crippen LogP contribution in [0.25, 0.3) is 21.9 Å². The van der Waals surface area contributed by atoms with Crippen molar-refractivity contribution in [2.45, 2.75) is 0 Å². The molecule has 4 heteroatoms. The van der Waals surface area contributed by atoms with E-state index in [9.17, 15) is 9.18 Å². The number of benzene rings is 3. The van der Waals surface area contributed by atoms with Gasteiger partial charge in [-0.25, -0.2) is 9.18 Å². The van der Waals surface area contributed by atoms with Gasteiger partial charge in [-0.15, -0.1) is 0 Å². The molecule has 0 aliphatic heterocycles. The number of esters is 1. The monoisotopic (exact) mass is 314 g/mol. The highest BCUT2D eigenvalue weighted by Gasteiger charge is 2.12. The topological polar surface area (TPSA) is 26.3 Å². The van der Waals surface area contributed by atoms with Crippen LogP contribution in [0, 0.1) is 5.82 Å². The molecule has 0 heterocycles. The zero-order valence-electron chi connectivity index (χ0n) is 11.8. The Morgan fingerprint density at radius 3 is 2.64 bits per heavy atom. The van der Waals surface area contributed by atoms with Crippen LogP contribution < -0.4 is 0 Å². The number of halogens is 2. The average Bonchev–Trinajstić information content (AvgIpc) is 2.55. The first-order valence-corrected chi connectivity index (χ1v) is 7.04. The van der Waals surface area contributed by atoms with E-state index < -0.39 is 5.97 Å². The first-order chi connectivity index (χ1) is 10.6. The highest BCUT2D eigenvalue weighted by molar-refractivity contribution is 6.31. The summed E-state index contributed by atoms with van der Waals surface area (Å²) in [7, 11) is 1.33. The molecule has 0 saturated carbocycles. The van der Waals surface area contributed by atoms with Crippen molar-refractivity contribution < 1.29 is 13.9 Å². The Kier molecular flexibility index (Phi) is 3.82. The minimum atomic E-state index is -0.428. The summed E-state index contributed by atoms with van der Waals surface area (Å²) in [6, 6.07) is 15.2. The minimum Gasteiger partial charge on any atom is -0.465 e. The van der Waals surface area contributed by atoms with E-state index in [1.165, 1.54) is 19.2 Å². The lowest BCUT2D eigenvalue weighted by Crippen LogP contribution is -2.00. The SMILES string of the molecule is COC(=O)c1ccc2cccc(-c3cc(Cl)ccc3F)c2c1. The molecule has 0 bridgehead atoms. The lowest BCUT2D eigenvalue weighted by Gasteiger charge is -2.10. The van der Waals surface area contributed by atoms with Crippen LogP contribution in [0.15, 0.2) is 54.6 Å². The van der Waals surface area contributed by atoms with E-state index in [4.69, 9.17) is 16.3 Å². The second kappa shape index (κ2) is 5.78. The van der Waals surface area contributed by atoms with Gasteiger partial charge < -0.3 is 4.74 Å². The van der Waals surface area contributed by atoms with Gasteiger partial charge in [-0.05, 0) is 46.7 Å². The minimum absolute atomic E-state index is 0.361. The van der Waals surface area contributed by atoms with Crippen molar-refractivity contribution in [2.75, 3.05) is 7.11 Å². The zero-order chi connectivity index (χ0) is 15.7. The van der Waals surface area contributed by atoms with Gasteiger partial charge in [0.2, 0.25) is 0 Å². The van der Waals surface area contributed by atoms with Gasteiger partial charge in [0, 0.05) is 10.6 Å². The summed E-state index contributed by atoms with van der Waals surface area (Å²) in [5.74, 6) is -0.788. The van der Waals surface area contributed by atoms with E-state index in [-0.39, 0.29) is 5.82 Å². The smallest absolute Gasteiger partial charge is 0.337 e. The van der Waals surface area contributed by atoms with Crippen molar-refractivity contribution in [2.24, 2.45) is 0 Å². The quantitative estimate of drug-likeness (QED) is 0.616. The molecule has 0 radical (unpaired) electrons. The summed E-state index contributed by atoms with van der Waals surface area (Å²) in [5.41, 5.74) is 1.51. The predicted molar refractivity (Wildman–Crippen MR) is 85.7 cm³/mol. The molecule has 0 unspecified atom stereocenters. The van der Waals surface area contributed by atoms with Crippen molar-refractivity contribution in [3.05, 3.63) is 71.0 Å². The molecule has 3 aromatic rings. The van der Waals surface area contributed by atoms with Gasteiger partial charge in [-0.1, -0.05) is 35.9 Å². The van der Waals surface area contributed by atoms with Crippen LogP contribution in [0.4, 0.5) is 4.39 Å². The molecule has 0 N–H and O–H groups in total. The second-order valence-electron chi connectivity index (χ2n) is 4.86. The average molecular weight is 315 g/mol. The Balaban J connectivity index is 2.29. The maximum Gasteiger partial charge on any atom is 0.337 e. The van der Waals surface area contributed by atoms with Crippen LogP contribution in [0.2, 0.25) is 5.02 Å². The standard InChI is InChI=1S/C18H12ClFO2/c1-22-18(21)12-6-5-11-3-2-4-14(15(11)9-12)16-10-13(19)7-8-17(16)20/h2-10H,1H3. The number of hydrogen-bond acceptors (Lipinski definition) is 2. The van der Waals surface area contributed by atoms with Crippen LogP contribution in [0.5, 0.6) is 0 Å². The lowest BCUT2D eigenvalue weighted by atomic mass is 9.96. The molecular weight excluding hydrogens is 303 g/mol. The largest absolute Gasteiger partial charge is 0.465 e. The number of carbonyl (C=O) groups is 1. The maximum absolute atomic E-state index is 14.2. The summed E-state index contributed by atoms with van der Waals surface area (Å²) >= 11 is 5.98. The molecule has 0 aliphatic rings. The van der Waals surface area contributed by atoms with Gasteiger partial charge in [-0.2, -0.15) is 0 Å². The van der Waals surface area contributed by atoms with E-state index in [1.807, 2.05) is 18.2 Å². The summed E-state index contributed by atoms with van der Waals surface area (Å²) < 4.78 is 18.9. The van der Waals surface area contributed by atoms with Crippen LogP contribution in [-0.2, 0) is 4.74 Å². The number of fused-ring (bicyclic) bond motifs is 1. The van der Waals surface area contributed by atoms with Crippen molar-refractivity contribution >= 4 is 28.3 Å². The fourth-order valence-electron chi connectivity index (χ4n) is 2.46. The van der Waals surface area contributed by atoms with Gasteiger partial charge in [0.25, 0.3) is 0 Å². The van der Waals surface area contributed by atoms with E-state index in [2.05, 4.69) is 0 Å². The van der Waals surface area contributed by atoms with E-state index >= 15 is 0 Å². The molecule has 0 aliphatic carbocycles. The van der Waals surface area contributed by atoms with Crippen molar-refractivity contribution in [3.63, 3.8) is 0 Å². The number of ether oxygens (including phenoxy) is 1. The van der Waals surface area contributed by atoms with Gasteiger partial charge in [0.15, 0.2) is 0 Å². The maximum atomic E-state index is 14.2.